The van der Waals surface area contributed by atoms with E-state index in [1.807, 2.05) is 18.2 Å². The van der Waals surface area contributed by atoms with Gasteiger partial charge in [-0.05, 0) is 12.1 Å². The Kier molecular flexibility index (Phi) is 3.72. The molecule has 18 heavy (non-hydrogen) atoms. The maximum Gasteiger partial charge on any atom is 0.251 e. The lowest BCUT2D eigenvalue weighted by molar-refractivity contribution is 0.0950. The largest absolute Gasteiger partial charge is 0.346 e. The average molecular weight is 240 g/mol. The SMILES string of the molecule is C#CCn1cc(CNC(=O)c2ccccc2)nn1. The third kappa shape index (κ3) is 2.95. The molecule has 0 radical (unpaired) electrons. The first-order chi connectivity index (χ1) is 8.79. The molecule has 5 heteroatoms. The topological polar surface area (TPSA) is 59.8 Å². The molecule has 2 aromatic rings. The fourth-order valence-corrected chi connectivity index (χ4v) is 1.45. The number of terminal acetylenes is 1. The van der Waals surface area contributed by atoms with E-state index in [2.05, 4.69) is 21.5 Å². The number of nitrogens with zero attached hydrogens (tertiary/aromatic N) is 3. The zero-order chi connectivity index (χ0) is 12.8. The lowest BCUT2D eigenvalue weighted by Crippen LogP contribution is -2.22. The summed E-state index contributed by atoms with van der Waals surface area (Å²) in [7, 11) is 0. The third-order valence-electron chi connectivity index (χ3n) is 2.31. The molecule has 1 N–H and O–H groups in total. The van der Waals surface area contributed by atoms with E-state index in [0.29, 0.717) is 24.3 Å². The average Bonchev–Trinajstić information content (AvgIpc) is 2.85. The summed E-state index contributed by atoms with van der Waals surface area (Å²) in [6.45, 7) is 0.706. The minimum absolute atomic E-state index is 0.137. The monoisotopic (exact) mass is 240 g/mol. The predicted molar refractivity (Wildman–Crippen MR) is 66.5 cm³/mol. The van der Waals surface area contributed by atoms with E-state index in [0.717, 1.165) is 0 Å². The molecule has 5 nitrogen and oxygen atoms in total. The van der Waals surface area contributed by atoms with Crippen molar-refractivity contribution in [1.82, 2.24) is 20.3 Å². The Bertz CT molecular complexity index is 568. The van der Waals surface area contributed by atoms with E-state index in [-0.39, 0.29) is 5.91 Å². The highest BCUT2D eigenvalue weighted by atomic mass is 16.1. The van der Waals surface area contributed by atoms with Gasteiger partial charge in [-0.1, -0.05) is 29.3 Å². The molecular weight excluding hydrogens is 228 g/mol. The fourth-order valence-electron chi connectivity index (χ4n) is 1.45. The van der Waals surface area contributed by atoms with Gasteiger partial charge in [-0.2, -0.15) is 0 Å². The van der Waals surface area contributed by atoms with Crippen molar-refractivity contribution in [3.63, 3.8) is 0 Å². The number of nitrogens with one attached hydrogen (secondary N) is 1. The number of benzene rings is 1. The molecule has 0 bridgehead atoms. The number of rotatable bonds is 4. The van der Waals surface area contributed by atoms with Gasteiger partial charge in [-0.15, -0.1) is 11.5 Å². The zero-order valence-corrected chi connectivity index (χ0v) is 9.71. The van der Waals surface area contributed by atoms with Crippen LogP contribution in [0.5, 0.6) is 0 Å². The molecule has 1 amide bonds. The van der Waals surface area contributed by atoms with Crippen molar-refractivity contribution < 1.29 is 4.79 Å². The summed E-state index contributed by atoms with van der Waals surface area (Å²) in [4.78, 5) is 11.8. The molecule has 0 aliphatic heterocycles. The van der Waals surface area contributed by atoms with Crippen molar-refractivity contribution in [2.75, 3.05) is 0 Å². The van der Waals surface area contributed by atoms with Crippen LogP contribution in [0, 0.1) is 12.3 Å². The third-order valence-corrected chi connectivity index (χ3v) is 2.31. The molecule has 0 saturated carbocycles. The molecule has 0 saturated heterocycles. The number of amides is 1. The summed E-state index contributed by atoms with van der Waals surface area (Å²) in [6.07, 6.45) is 6.87. The van der Waals surface area contributed by atoms with Crippen molar-refractivity contribution in [3.8, 4) is 12.3 Å². The van der Waals surface area contributed by atoms with Crippen molar-refractivity contribution in [2.45, 2.75) is 13.1 Å². The second-order valence-electron chi connectivity index (χ2n) is 3.66. The molecule has 1 heterocycles. The van der Waals surface area contributed by atoms with Gasteiger partial charge in [0.1, 0.15) is 12.2 Å². The Balaban J connectivity index is 1.91. The van der Waals surface area contributed by atoms with Gasteiger partial charge < -0.3 is 5.32 Å². The first-order valence-corrected chi connectivity index (χ1v) is 5.45. The van der Waals surface area contributed by atoms with Crippen LogP contribution >= 0.6 is 0 Å². The van der Waals surface area contributed by atoms with Crippen LogP contribution in [-0.2, 0) is 13.1 Å². The van der Waals surface area contributed by atoms with E-state index < -0.39 is 0 Å². The maximum absolute atomic E-state index is 11.8. The lowest BCUT2D eigenvalue weighted by Gasteiger charge is -2.02. The Hall–Kier alpha value is -2.61. The van der Waals surface area contributed by atoms with Crippen molar-refractivity contribution in [2.24, 2.45) is 0 Å². The first-order valence-electron chi connectivity index (χ1n) is 5.45. The number of carbonyl (C=O) groups excluding carboxylic acids is 1. The summed E-state index contributed by atoms with van der Waals surface area (Å²) in [6, 6.07) is 9.01. The van der Waals surface area contributed by atoms with Crippen LogP contribution in [0.2, 0.25) is 0 Å². The lowest BCUT2D eigenvalue weighted by atomic mass is 10.2. The predicted octanol–water partition coefficient (Wildman–Crippen LogP) is 0.841. The van der Waals surface area contributed by atoms with Gasteiger partial charge in [0.25, 0.3) is 5.91 Å². The van der Waals surface area contributed by atoms with Gasteiger partial charge in [0, 0.05) is 5.56 Å². The maximum atomic E-state index is 11.8. The Morgan fingerprint density at radius 1 is 1.39 bits per heavy atom. The fraction of sp³-hybridized carbons (Fsp3) is 0.154. The van der Waals surface area contributed by atoms with E-state index in [1.165, 1.54) is 0 Å². The molecule has 1 aromatic heterocycles. The second kappa shape index (κ2) is 5.64. The highest BCUT2D eigenvalue weighted by molar-refractivity contribution is 5.93. The Morgan fingerprint density at radius 3 is 2.89 bits per heavy atom. The van der Waals surface area contributed by atoms with Gasteiger partial charge in [0.15, 0.2) is 0 Å². The Morgan fingerprint density at radius 2 is 2.17 bits per heavy atom. The van der Waals surface area contributed by atoms with Crippen molar-refractivity contribution in [1.29, 1.82) is 0 Å². The standard InChI is InChI=1S/C13H12N4O/c1-2-8-17-10-12(15-16-17)9-14-13(18)11-6-4-3-5-7-11/h1,3-7,10H,8-9H2,(H,14,18). The number of aromatic nitrogens is 3. The molecule has 0 fully saturated rings. The summed E-state index contributed by atoms with van der Waals surface area (Å²) in [5.41, 5.74) is 1.29. The van der Waals surface area contributed by atoms with Crippen LogP contribution in [0.15, 0.2) is 36.5 Å². The van der Waals surface area contributed by atoms with Gasteiger partial charge in [-0.25, -0.2) is 4.68 Å². The molecular formula is C13H12N4O. The van der Waals surface area contributed by atoms with Crippen LogP contribution in [-0.4, -0.2) is 20.9 Å². The number of hydrogen-bond acceptors (Lipinski definition) is 3. The van der Waals surface area contributed by atoms with E-state index >= 15 is 0 Å². The highest BCUT2D eigenvalue weighted by Gasteiger charge is 2.05. The summed E-state index contributed by atoms with van der Waals surface area (Å²) in [5.74, 6) is 2.32. The van der Waals surface area contributed by atoms with E-state index in [4.69, 9.17) is 6.42 Å². The molecule has 0 aliphatic rings. The van der Waals surface area contributed by atoms with Gasteiger partial charge in [-0.3, -0.25) is 4.79 Å². The molecule has 0 unspecified atom stereocenters. The molecule has 0 spiro atoms. The van der Waals surface area contributed by atoms with Crippen LogP contribution in [0.25, 0.3) is 0 Å². The second-order valence-corrected chi connectivity index (χ2v) is 3.66. The first kappa shape index (κ1) is 11.9. The van der Waals surface area contributed by atoms with Crippen LogP contribution < -0.4 is 5.32 Å². The van der Waals surface area contributed by atoms with Crippen molar-refractivity contribution >= 4 is 5.91 Å². The summed E-state index contributed by atoms with van der Waals surface area (Å²) < 4.78 is 1.55. The number of carbonyl (C=O) groups is 1. The number of hydrogen-bond donors (Lipinski definition) is 1. The Labute approximate surface area is 105 Å². The molecule has 0 aliphatic carbocycles. The molecule has 90 valence electrons. The zero-order valence-electron chi connectivity index (χ0n) is 9.71. The molecule has 2 rings (SSSR count). The minimum Gasteiger partial charge on any atom is -0.346 e. The van der Waals surface area contributed by atoms with Gasteiger partial charge >= 0.3 is 0 Å². The van der Waals surface area contributed by atoms with Crippen LogP contribution in [0.1, 0.15) is 16.1 Å². The van der Waals surface area contributed by atoms with Crippen LogP contribution in [0.4, 0.5) is 0 Å². The van der Waals surface area contributed by atoms with Gasteiger partial charge in [0.05, 0.1) is 12.7 Å². The summed E-state index contributed by atoms with van der Waals surface area (Å²) >= 11 is 0. The smallest absolute Gasteiger partial charge is 0.251 e. The van der Waals surface area contributed by atoms with Gasteiger partial charge in [0.2, 0.25) is 0 Å². The normalized spacial score (nSPS) is 9.72. The molecule has 1 aromatic carbocycles. The summed E-state index contributed by atoms with van der Waals surface area (Å²) in [5, 5.41) is 10.5. The minimum atomic E-state index is -0.137. The van der Waals surface area contributed by atoms with E-state index in [1.54, 1.807) is 23.0 Å². The highest BCUT2D eigenvalue weighted by Crippen LogP contribution is 1.99. The van der Waals surface area contributed by atoms with E-state index in [9.17, 15) is 4.79 Å². The molecule has 0 atom stereocenters. The van der Waals surface area contributed by atoms with Crippen molar-refractivity contribution in [3.05, 3.63) is 47.8 Å². The quantitative estimate of drug-likeness (QED) is 0.806. The van der Waals surface area contributed by atoms with Crippen LogP contribution in [0.3, 0.4) is 0 Å².